The molecule has 1 aromatic rings. The van der Waals surface area contributed by atoms with Crippen LogP contribution in [0.1, 0.15) is 25.3 Å². The Kier molecular flexibility index (Phi) is 6.04. The number of likely N-dealkylation sites (N-methyl/N-ethyl adjacent to an activating group) is 1. The zero-order chi connectivity index (χ0) is 11.8. The van der Waals surface area contributed by atoms with Crippen molar-refractivity contribution >= 4 is 0 Å². The number of aromatic nitrogens is 1. The minimum atomic E-state index is 0.520. The molecule has 0 aliphatic rings. The van der Waals surface area contributed by atoms with Crippen molar-refractivity contribution in [2.45, 2.75) is 32.2 Å². The zero-order valence-corrected chi connectivity index (χ0v) is 10.4. The first-order valence-electron chi connectivity index (χ1n) is 6.07. The minimum Gasteiger partial charge on any atom is -0.329 e. The average Bonchev–Trinajstić information content (AvgIpc) is 2.34. The summed E-state index contributed by atoms with van der Waals surface area (Å²) in [4.78, 5) is 6.38. The van der Waals surface area contributed by atoms with E-state index in [0.29, 0.717) is 6.04 Å². The third-order valence-electron chi connectivity index (χ3n) is 3.02. The molecule has 0 amide bonds. The van der Waals surface area contributed by atoms with E-state index >= 15 is 0 Å². The van der Waals surface area contributed by atoms with Crippen molar-refractivity contribution in [3.63, 3.8) is 0 Å². The summed E-state index contributed by atoms with van der Waals surface area (Å²) in [6.07, 6.45) is 7.15. The molecule has 1 atom stereocenters. The van der Waals surface area contributed by atoms with Crippen molar-refractivity contribution in [3.8, 4) is 0 Å². The van der Waals surface area contributed by atoms with Crippen LogP contribution in [-0.2, 0) is 6.42 Å². The Hall–Kier alpha value is -0.930. The molecule has 0 radical (unpaired) electrons. The third-order valence-corrected chi connectivity index (χ3v) is 3.02. The molecular formula is C13H23N3. The lowest BCUT2D eigenvalue weighted by Gasteiger charge is -2.26. The van der Waals surface area contributed by atoms with Gasteiger partial charge in [0, 0.05) is 31.5 Å². The van der Waals surface area contributed by atoms with Gasteiger partial charge in [-0.15, -0.1) is 0 Å². The van der Waals surface area contributed by atoms with Crippen LogP contribution in [0.3, 0.4) is 0 Å². The van der Waals surface area contributed by atoms with E-state index < -0.39 is 0 Å². The quantitative estimate of drug-likeness (QED) is 0.762. The highest BCUT2D eigenvalue weighted by molar-refractivity contribution is 5.09. The summed E-state index contributed by atoms with van der Waals surface area (Å²) in [5.74, 6) is 0. The van der Waals surface area contributed by atoms with Gasteiger partial charge in [-0.1, -0.05) is 13.3 Å². The summed E-state index contributed by atoms with van der Waals surface area (Å²) >= 11 is 0. The number of hydrogen-bond donors (Lipinski definition) is 1. The van der Waals surface area contributed by atoms with E-state index in [9.17, 15) is 0 Å². The number of nitrogens with zero attached hydrogens (tertiary/aromatic N) is 2. The Morgan fingerprint density at radius 1 is 1.38 bits per heavy atom. The lowest BCUT2D eigenvalue weighted by atomic mass is 10.1. The first-order valence-corrected chi connectivity index (χ1v) is 6.07. The summed E-state index contributed by atoms with van der Waals surface area (Å²) in [6.45, 7) is 4.02. The molecule has 0 saturated heterocycles. The Morgan fingerprint density at radius 3 is 2.62 bits per heavy atom. The van der Waals surface area contributed by atoms with Gasteiger partial charge in [0.05, 0.1) is 0 Å². The second-order valence-corrected chi connectivity index (χ2v) is 4.26. The molecule has 1 rings (SSSR count). The fourth-order valence-electron chi connectivity index (χ4n) is 1.89. The second-order valence-electron chi connectivity index (χ2n) is 4.26. The van der Waals surface area contributed by atoms with E-state index in [1.807, 2.05) is 12.4 Å². The lowest BCUT2D eigenvalue weighted by Crippen LogP contribution is -2.38. The molecule has 0 spiro atoms. The fraction of sp³-hybridized carbons (Fsp3) is 0.615. The Bertz CT molecular complexity index is 274. The molecule has 0 bridgehead atoms. The van der Waals surface area contributed by atoms with Gasteiger partial charge in [0.2, 0.25) is 0 Å². The predicted molar refractivity (Wildman–Crippen MR) is 68.3 cm³/mol. The van der Waals surface area contributed by atoms with E-state index in [4.69, 9.17) is 5.73 Å². The first kappa shape index (κ1) is 13.1. The summed E-state index contributed by atoms with van der Waals surface area (Å²) in [5.41, 5.74) is 7.12. The zero-order valence-electron chi connectivity index (χ0n) is 10.4. The van der Waals surface area contributed by atoms with Gasteiger partial charge in [0.25, 0.3) is 0 Å². The smallest absolute Gasteiger partial charge is 0.0270 e. The van der Waals surface area contributed by atoms with Crippen molar-refractivity contribution in [2.75, 3.05) is 20.1 Å². The average molecular weight is 221 g/mol. The highest BCUT2D eigenvalue weighted by atomic mass is 15.1. The maximum Gasteiger partial charge on any atom is 0.0270 e. The molecule has 3 heteroatoms. The summed E-state index contributed by atoms with van der Waals surface area (Å²) in [5, 5.41) is 0. The van der Waals surface area contributed by atoms with Crippen LogP contribution in [0.4, 0.5) is 0 Å². The van der Waals surface area contributed by atoms with Crippen LogP contribution in [-0.4, -0.2) is 36.1 Å². The van der Waals surface area contributed by atoms with Crippen LogP contribution in [0.25, 0.3) is 0 Å². The van der Waals surface area contributed by atoms with Crippen LogP contribution in [0.15, 0.2) is 24.5 Å². The molecule has 0 aliphatic heterocycles. The minimum absolute atomic E-state index is 0.520. The normalized spacial score (nSPS) is 13.0. The van der Waals surface area contributed by atoms with Crippen molar-refractivity contribution in [1.29, 1.82) is 0 Å². The monoisotopic (exact) mass is 221 g/mol. The molecule has 90 valence electrons. The highest BCUT2D eigenvalue weighted by Crippen LogP contribution is 2.05. The Balaban J connectivity index is 2.36. The summed E-state index contributed by atoms with van der Waals surface area (Å²) < 4.78 is 0. The largest absolute Gasteiger partial charge is 0.329 e. The Labute approximate surface area is 98.7 Å². The summed E-state index contributed by atoms with van der Waals surface area (Å²) in [7, 11) is 2.16. The van der Waals surface area contributed by atoms with Crippen LogP contribution in [0, 0.1) is 0 Å². The van der Waals surface area contributed by atoms with Gasteiger partial charge in [0.1, 0.15) is 0 Å². The van der Waals surface area contributed by atoms with Gasteiger partial charge in [-0.2, -0.15) is 0 Å². The van der Waals surface area contributed by atoms with Gasteiger partial charge in [-0.25, -0.2) is 0 Å². The van der Waals surface area contributed by atoms with Crippen LogP contribution >= 0.6 is 0 Å². The molecule has 1 heterocycles. The van der Waals surface area contributed by atoms with Crippen molar-refractivity contribution in [2.24, 2.45) is 5.73 Å². The van der Waals surface area contributed by atoms with Gasteiger partial charge in [-0.3, -0.25) is 4.98 Å². The fourth-order valence-corrected chi connectivity index (χ4v) is 1.89. The first-order chi connectivity index (χ1) is 7.77. The topological polar surface area (TPSA) is 42.1 Å². The van der Waals surface area contributed by atoms with E-state index in [1.165, 1.54) is 18.4 Å². The van der Waals surface area contributed by atoms with E-state index in [0.717, 1.165) is 19.5 Å². The maximum atomic E-state index is 5.78. The number of pyridine rings is 1. The third kappa shape index (κ3) is 4.29. The number of nitrogens with two attached hydrogens (primary N) is 1. The Morgan fingerprint density at radius 2 is 2.06 bits per heavy atom. The van der Waals surface area contributed by atoms with Crippen molar-refractivity contribution < 1.29 is 0 Å². The molecule has 1 unspecified atom stereocenters. The second kappa shape index (κ2) is 7.36. The molecule has 3 nitrogen and oxygen atoms in total. The van der Waals surface area contributed by atoms with Crippen LogP contribution in [0.2, 0.25) is 0 Å². The van der Waals surface area contributed by atoms with Crippen molar-refractivity contribution in [1.82, 2.24) is 9.88 Å². The number of hydrogen-bond acceptors (Lipinski definition) is 3. The molecule has 0 fully saturated rings. The highest BCUT2D eigenvalue weighted by Gasteiger charge is 2.11. The number of rotatable bonds is 7. The molecule has 0 aliphatic carbocycles. The molecular weight excluding hydrogens is 198 g/mol. The van der Waals surface area contributed by atoms with Gasteiger partial charge >= 0.3 is 0 Å². The predicted octanol–water partition coefficient (Wildman–Crippen LogP) is 1.68. The van der Waals surface area contributed by atoms with E-state index in [2.05, 4.69) is 36.0 Å². The standard InChI is InChI=1S/C13H23N3/c1-3-4-13(11-14)16(2)10-7-12-5-8-15-9-6-12/h5-6,8-9,13H,3-4,7,10-11,14H2,1-2H3. The van der Waals surface area contributed by atoms with Crippen LogP contribution < -0.4 is 5.73 Å². The molecule has 0 aromatic carbocycles. The molecule has 16 heavy (non-hydrogen) atoms. The van der Waals surface area contributed by atoms with Gasteiger partial charge in [-0.05, 0) is 37.6 Å². The van der Waals surface area contributed by atoms with Crippen molar-refractivity contribution in [3.05, 3.63) is 30.1 Å². The summed E-state index contributed by atoms with van der Waals surface area (Å²) in [6, 6.07) is 4.67. The molecule has 2 N–H and O–H groups in total. The lowest BCUT2D eigenvalue weighted by molar-refractivity contribution is 0.236. The van der Waals surface area contributed by atoms with E-state index in [-0.39, 0.29) is 0 Å². The molecule has 1 aromatic heterocycles. The maximum absolute atomic E-state index is 5.78. The van der Waals surface area contributed by atoms with Gasteiger partial charge in [0.15, 0.2) is 0 Å². The van der Waals surface area contributed by atoms with Crippen LogP contribution in [0.5, 0.6) is 0 Å². The van der Waals surface area contributed by atoms with Gasteiger partial charge < -0.3 is 10.6 Å². The van der Waals surface area contributed by atoms with E-state index in [1.54, 1.807) is 0 Å². The molecule has 0 saturated carbocycles. The SMILES string of the molecule is CCCC(CN)N(C)CCc1ccncc1.